The van der Waals surface area contributed by atoms with Gasteiger partial charge in [-0.2, -0.15) is 0 Å². The Bertz CT molecular complexity index is 786. The summed E-state index contributed by atoms with van der Waals surface area (Å²) in [4.78, 5) is 25.3. The van der Waals surface area contributed by atoms with Crippen LogP contribution in [0.3, 0.4) is 0 Å². The van der Waals surface area contributed by atoms with Crippen molar-refractivity contribution < 1.29 is 14.3 Å². The van der Waals surface area contributed by atoms with E-state index in [-0.39, 0.29) is 18.4 Å². The number of benzene rings is 2. The lowest BCUT2D eigenvalue weighted by molar-refractivity contribution is -0.118. The summed E-state index contributed by atoms with van der Waals surface area (Å²) < 4.78 is 5.50. The fourth-order valence-electron chi connectivity index (χ4n) is 2.86. The molecule has 0 bridgehead atoms. The molecule has 0 saturated carbocycles. The maximum Gasteiger partial charge on any atom is 0.262 e. The molecule has 2 amide bonds. The van der Waals surface area contributed by atoms with Crippen LogP contribution < -0.4 is 15.0 Å². The zero-order chi connectivity index (χ0) is 17.1. The van der Waals surface area contributed by atoms with Crippen LogP contribution in [0.5, 0.6) is 5.75 Å². The minimum absolute atomic E-state index is 0.0390. The van der Waals surface area contributed by atoms with E-state index in [0.29, 0.717) is 12.3 Å². The quantitative estimate of drug-likeness (QED) is 0.941. The molecule has 1 N–H and O–H groups in total. The van der Waals surface area contributed by atoms with Crippen LogP contribution in [0.4, 0.5) is 11.4 Å². The van der Waals surface area contributed by atoms with Gasteiger partial charge in [0.1, 0.15) is 5.75 Å². The molecule has 24 heavy (non-hydrogen) atoms. The Balaban J connectivity index is 1.60. The van der Waals surface area contributed by atoms with E-state index < -0.39 is 0 Å². The number of anilines is 2. The van der Waals surface area contributed by atoms with E-state index in [0.717, 1.165) is 28.9 Å². The van der Waals surface area contributed by atoms with Gasteiger partial charge in [-0.3, -0.25) is 9.59 Å². The highest BCUT2D eigenvalue weighted by molar-refractivity contribution is 5.95. The van der Waals surface area contributed by atoms with Gasteiger partial charge in [-0.05, 0) is 54.8 Å². The second kappa shape index (κ2) is 6.74. The van der Waals surface area contributed by atoms with Gasteiger partial charge < -0.3 is 15.0 Å². The molecule has 0 atom stereocenters. The van der Waals surface area contributed by atoms with Gasteiger partial charge in [0.2, 0.25) is 5.91 Å². The van der Waals surface area contributed by atoms with Crippen molar-refractivity contribution in [3.8, 4) is 5.75 Å². The van der Waals surface area contributed by atoms with E-state index in [4.69, 9.17) is 4.74 Å². The molecule has 0 radical (unpaired) electrons. The molecule has 3 rings (SSSR count). The number of rotatable bonds is 4. The number of hydrogen-bond donors (Lipinski definition) is 1. The van der Waals surface area contributed by atoms with Gasteiger partial charge >= 0.3 is 0 Å². The predicted molar refractivity (Wildman–Crippen MR) is 93.5 cm³/mol. The minimum atomic E-state index is -0.210. The Morgan fingerprint density at radius 1 is 1.21 bits per heavy atom. The smallest absolute Gasteiger partial charge is 0.262 e. The number of nitrogens with zero attached hydrogens (tertiary/aromatic N) is 1. The Labute approximate surface area is 141 Å². The Morgan fingerprint density at radius 2 is 2.04 bits per heavy atom. The lowest BCUT2D eigenvalue weighted by Gasteiger charge is -2.15. The third-order valence-corrected chi connectivity index (χ3v) is 4.00. The predicted octanol–water partition coefficient (Wildman–Crippen LogP) is 2.92. The molecule has 1 aliphatic rings. The summed E-state index contributed by atoms with van der Waals surface area (Å²) in [5.74, 6) is 0.506. The van der Waals surface area contributed by atoms with Crippen LogP contribution in [0.1, 0.15) is 18.1 Å². The van der Waals surface area contributed by atoms with Crippen molar-refractivity contribution in [3.05, 3.63) is 53.6 Å². The number of nitrogens with one attached hydrogen (secondary N) is 1. The summed E-state index contributed by atoms with van der Waals surface area (Å²) in [6.45, 7) is 4.19. The first kappa shape index (κ1) is 16.1. The molecule has 0 spiro atoms. The highest BCUT2D eigenvalue weighted by Crippen LogP contribution is 2.30. The molecule has 0 fully saturated rings. The zero-order valence-electron chi connectivity index (χ0n) is 13.8. The molecule has 5 heteroatoms. The third kappa shape index (κ3) is 3.56. The average molecular weight is 324 g/mol. The summed E-state index contributed by atoms with van der Waals surface area (Å²) in [5.41, 5.74) is 3.80. The van der Waals surface area contributed by atoms with Crippen LogP contribution in [0.2, 0.25) is 0 Å². The standard InChI is InChI=1S/C19H20N2O3/c1-13-4-3-5-17(10-13)24-12-19(23)20-16-6-7-18-15(11-16)8-9-21(18)14(2)22/h3-7,10-11H,8-9,12H2,1-2H3,(H,20,23). The van der Waals surface area contributed by atoms with Gasteiger partial charge in [0.15, 0.2) is 6.61 Å². The molecule has 124 valence electrons. The van der Waals surface area contributed by atoms with Crippen LogP contribution in [-0.2, 0) is 16.0 Å². The number of carbonyl (C=O) groups excluding carboxylic acids is 2. The molecular formula is C19H20N2O3. The van der Waals surface area contributed by atoms with Crippen LogP contribution in [0.25, 0.3) is 0 Å². The SMILES string of the molecule is CC(=O)N1CCc2cc(NC(=O)COc3cccc(C)c3)ccc21. The van der Waals surface area contributed by atoms with E-state index in [1.54, 1.807) is 11.8 Å². The largest absolute Gasteiger partial charge is 0.484 e. The molecule has 2 aromatic carbocycles. The fraction of sp³-hybridized carbons (Fsp3) is 0.263. The first-order valence-electron chi connectivity index (χ1n) is 7.93. The van der Waals surface area contributed by atoms with Crippen molar-refractivity contribution in [1.29, 1.82) is 0 Å². The zero-order valence-corrected chi connectivity index (χ0v) is 13.8. The Kier molecular flexibility index (Phi) is 4.51. The fourth-order valence-corrected chi connectivity index (χ4v) is 2.86. The molecule has 0 aromatic heterocycles. The monoisotopic (exact) mass is 324 g/mol. The van der Waals surface area contributed by atoms with Crippen molar-refractivity contribution in [1.82, 2.24) is 0 Å². The number of aryl methyl sites for hydroxylation is 1. The Hall–Kier alpha value is -2.82. The first-order valence-corrected chi connectivity index (χ1v) is 7.93. The molecule has 0 aliphatic carbocycles. The second-order valence-electron chi connectivity index (χ2n) is 5.92. The van der Waals surface area contributed by atoms with Gasteiger partial charge in [0.05, 0.1) is 0 Å². The summed E-state index contributed by atoms with van der Waals surface area (Å²) in [6.07, 6.45) is 0.804. The number of hydrogen-bond acceptors (Lipinski definition) is 3. The third-order valence-electron chi connectivity index (χ3n) is 4.00. The van der Waals surface area contributed by atoms with Gasteiger partial charge in [-0.25, -0.2) is 0 Å². The molecular weight excluding hydrogens is 304 g/mol. The van der Waals surface area contributed by atoms with Gasteiger partial charge in [0.25, 0.3) is 5.91 Å². The maximum absolute atomic E-state index is 12.0. The van der Waals surface area contributed by atoms with E-state index in [2.05, 4.69) is 5.32 Å². The van der Waals surface area contributed by atoms with Crippen molar-refractivity contribution in [2.75, 3.05) is 23.4 Å². The van der Waals surface area contributed by atoms with Gasteiger partial charge in [-0.1, -0.05) is 12.1 Å². The normalized spacial score (nSPS) is 12.7. The second-order valence-corrected chi connectivity index (χ2v) is 5.92. The van der Waals surface area contributed by atoms with Crippen LogP contribution in [-0.4, -0.2) is 25.0 Å². The van der Waals surface area contributed by atoms with Crippen LogP contribution >= 0.6 is 0 Å². The molecule has 2 aromatic rings. The van der Waals surface area contributed by atoms with Crippen LogP contribution in [0, 0.1) is 6.92 Å². The van der Waals surface area contributed by atoms with Crippen molar-refractivity contribution >= 4 is 23.2 Å². The van der Waals surface area contributed by atoms with E-state index in [9.17, 15) is 9.59 Å². The van der Waals surface area contributed by atoms with Crippen molar-refractivity contribution in [3.63, 3.8) is 0 Å². The van der Waals surface area contributed by atoms with Gasteiger partial charge in [0, 0.05) is 24.8 Å². The molecule has 0 saturated heterocycles. The summed E-state index contributed by atoms with van der Waals surface area (Å²) in [5, 5.41) is 2.83. The highest BCUT2D eigenvalue weighted by atomic mass is 16.5. The molecule has 1 aliphatic heterocycles. The molecule has 1 heterocycles. The number of amides is 2. The topological polar surface area (TPSA) is 58.6 Å². The number of ether oxygens (including phenoxy) is 1. The lowest BCUT2D eigenvalue weighted by Crippen LogP contribution is -2.25. The highest BCUT2D eigenvalue weighted by Gasteiger charge is 2.22. The lowest BCUT2D eigenvalue weighted by atomic mass is 10.1. The van der Waals surface area contributed by atoms with Crippen molar-refractivity contribution in [2.45, 2.75) is 20.3 Å². The van der Waals surface area contributed by atoms with Crippen molar-refractivity contribution in [2.24, 2.45) is 0 Å². The minimum Gasteiger partial charge on any atom is -0.484 e. The van der Waals surface area contributed by atoms with E-state index >= 15 is 0 Å². The summed E-state index contributed by atoms with van der Waals surface area (Å²) >= 11 is 0. The van der Waals surface area contributed by atoms with Crippen LogP contribution in [0.15, 0.2) is 42.5 Å². The number of carbonyl (C=O) groups is 2. The van der Waals surface area contributed by atoms with Gasteiger partial charge in [-0.15, -0.1) is 0 Å². The number of fused-ring (bicyclic) bond motifs is 1. The Morgan fingerprint density at radius 3 is 2.79 bits per heavy atom. The first-order chi connectivity index (χ1) is 11.5. The summed E-state index contributed by atoms with van der Waals surface area (Å²) in [7, 11) is 0. The summed E-state index contributed by atoms with van der Waals surface area (Å²) in [6, 6.07) is 13.2. The van der Waals surface area contributed by atoms with E-state index in [1.165, 1.54) is 0 Å². The molecule has 5 nitrogen and oxygen atoms in total. The molecule has 0 unspecified atom stereocenters. The average Bonchev–Trinajstić information content (AvgIpc) is 2.96. The van der Waals surface area contributed by atoms with E-state index in [1.807, 2.05) is 49.4 Å². The maximum atomic E-state index is 12.0.